The Hall–Kier alpha value is -2.22. The predicted octanol–water partition coefficient (Wildman–Crippen LogP) is 2.21. The van der Waals surface area contributed by atoms with Gasteiger partial charge in [-0.3, -0.25) is 4.79 Å². The molecule has 6 nitrogen and oxygen atoms in total. The third kappa shape index (κ3) is 5.38. The average molecular weight is 362 g/mol. The molecule has 0 aliphatic heterocycles. The van der Waals surface area contributed by atoms with Gasteiger partial charge in [0.15, 0.2) is 0 Å². The molecule has 7 heteroatoms. The first kappa shape index (κ1) is 19.1. The third-order valence-electron chi connectivity index (χ3n) is 3.81. The summed E-state index contributed by atoms with van der Waals surface area (Å²) in [5.41, 5.74) is 7.25. The van der Waals surface area contributed by atoms with Crippen LogP contribution in [0.2, 0.25) is 0 Å². The lowest BCUT2D eigenvalue weighted by molar-refractivity contribution is -0.139. The minimum Gasteiger partial charge on any atom is -0.480 e. The quantitative estimate of drug-likeness (QED) is 0.593. The maximum Gasteiger partial charge on any atom is 0.321 e. The van der Waals surface area contributed by atoms with Crippen LogP contribution in [0.3, 0.4) is 0 Å². The van der Waals surface area contributed by atoms with E-state index in [4.69, 9.17) is 5.73 Å². The van der Waals surface area contributed by atoms with Crippen LogP contribution in [0.4, 0.5) is 0 Å². The Bertz CT molecular complexity index is 790. The molecule has 0 fully saturated rings. The predicted molar refractivity (Wildman–Crippen MR) is 96.5 cm³/mol. The number of aliphatic carboxylic acids is 1. The number of carboxylic acid groups (broad SMARTS) is 1. The minimum absolute atomic E-state index is 0.0391. The number of carboxylic acids is 1. The molecular weight excluding hydrogens is 340 g/mol. The Morgan fingerprint density at radius 2 is 1.60 bits per heavy atom. The maximum atomic E-state index is 12.4. The van der Waals surface area contributed by atoms with Gasteiger partial charge in [0.25, 0.3) is 0 Å². The molecule has 0 saturated heterocycles. The summed E-state index contributed by atoms with van der Waals surface area (Å²) in [5, 5.41) is 9.22. The van der Waals surface area contributed by atoms with E-state index in [2.05, 4.69) is 4.72 Å². The van der Waals surface area contributed by atoms with Crippen molar-refractivity contribution in [3.8, 4) is 11.1 Å². The van der Waals surface area contributed by atoms with Crippen molar-refractivity contribution in [2.45, 2.75) is 30.2 Å². The molecule has 25 heavy (non-hydrogen) atoms. The second-order valence-corrected chi connectivity index (χ2v) is 7.40. The fourth-order valence-corrected chi connectivity index (χ4v) is 3.66. The summed E-state index contributed by atoms with van der Waals surface area (Å²) in [4.78, 5) is 11.3. The number of nitrogens with one attached hydrogen (secondary N) is 1. The van der Waals surface area contributed by atoms with Crippen molar-refractivity contribution in [3.63, 3.8) is 0 Å². The van der Waals surface area contributed by atoms with E-state index in [0.29, 0.717) is 19.4 Å². The molecule has 1 atom stereocenters. The van der Waals surface area contributed by atoms with Crippen LogP contribution in [0.25, 0.3) is 11.1 Å². The number of nitrogens with two attached hydrogens (primary N) is 1. The van der Waals surface area contributed by atoms with Crippen LogP contribution >= 0.6 is 0 Å². The topological polar surface area (TPSA) is 109 Å². The van der Waals surface area contributed by atoms with Gasteiger partial charge in [-0.25, -0.2) is 8.42 Å². The molecule has 0 amide bonds. The van der Waals surface area contributed by atoms with Crippen molar-refractivity contribution in [3.05, 3.63) is 54.6 Å². The van der Waals surface area contributed by atoms with Crippen molar-refractivity contribution in [1.82, 2.24) is 4.72 Å². The number of benzene rings is 2. The highest BCUT2D eigenvalue weighted by molar-refractivity contribution is 7.89. The third-order valence-corrected chi connectivity index (χ3v) is 5.30. The number of carbonyl (C=O) groups is 1. The van der Waals surface area contributed by atoms with Crippen LogP contribution < -0.4 is 10.5 Å². The van der Waals surface area contributed by atoms with Gasteiger partial charge in [-0.2, -0.15) is 4.72 Å². The molecule has 0 aliphatic rings. The lowest BCUT2D eigenvalue weighted by atomic mass is 10.1. The summed E-state index contributed by atoms with van der Waals surface area (Å²) in [7, 11) is -3.90. The molecule has 134 valence electrons. The van der Waals surface area contributed by atoms with Gasteiger partial charge < -0.3 is 10.8 Å². The summed E-state index contributed by atoms with van der Waals surface area (Å²) >= 11 is 0. The molecule has 0 aromatic heterocycles. The summed E-state index contributed by atoms with van der Waals surface area (Å²) in [6.07, 6.45) is 1.40. The Kier molecular flexibility index (Phi) is 6.69. The van der Waals surface area contributed by atoms with E-state index < -0.39 is 22.0 Å². The van der Waals surface area contributed by atoms with Gasteiger partial charge >= 0.3 is 5.97 Å². The first-order valence-electron chi connectivity index (χ1n) is 8.05. The second kappa shape index (κ2) is 8.75. The van der Waals surface area contributed by atoms with Crippen molar-refractivity contribution in [2.24, 2.45) is 5.73 Å². The van der Waals surface area contributed by atoms with Gasteiger partial charge in [0, 0.05) is 0 Å². The van der Waals surface area contributed by atoms with Gasteiger partial charge in [-0.05, 0) is 42.6 Å². The molecule has 0 bridgehead atoms. The standard InChI is InChI=1S/C18H22N2O4S/c19-13-5-4-8-17(18(21)22)20-25(23,24)16-11-9-15(10-12-16)14-6-2-1-3-7-14/h1-3,6-7,9-12,17,20H,4-5,8,13,19H2,(H,21,22)/t17-/m0/s1. The fourth-order valence-electron chi connectivity index (χ4n) is 2.44. The molecule has 0 spiro atoms. The first-order valence-corrected chi connectivity index (χ1v) is 9.53. The molecule has 0 saturated carbocycles. The van der Waals surface area contributed by atoms with E-state index in [1.54, 1.807) is 12.1 Å². The molecule has 0 radical (unpaired) electrons. The van der Waals surface area contributed by atoms with E-state index in [1.807, 2.05) is 30.3 Å². The molecule has 2 aromatic carbocycles. The number of rotatable bonds is 9. The number of hydrogen-bond donors (Lipinski definition) is 3. The zero-order valence-electron chi connectivity index (χ0n) is 13.8. The molecule has 0 heterocycles. The molecule has 2 aromatic rings. The molecule has 0 aliphatic carbocycles. The summed E-state index contributed by atoms with van der Waals surface area (Å²) in [6, 6.07) is 14.8. The zero-order valence-corrected chi connectivity index (χ0v) is 14.6. The number of unbranched alkanes of at least 4 members (excludes halogenated alkanes) is 1. The van der Waals surface area contributed by atoms with Gasteiger partial charge in [-0.1, -0.05) is 48.9 Å². The highest BCUT2D eigenvalue weighted by Gasteiger charge is 2.24. The highest BCUT2D eigenvalue weighted by atomic mass is 32.2. The normalized spacial score (nSPS) is 12.7. The average Bonchev–Trinajstić information content (AvgIpc) is 2.62. The lowest BCUT2D eigenvalue weighted by Crippen LogP contribution is -2.40. The van der Waals surface area contributed by atoms with Crippen molar-refractivity contribution >= 4 is 16.0 Å². The second-order valence-electron chi connectivity index (χ2n) is 5.69. The van der Waals surface area contributed by atoms with Gasteiger partial charge in [-0.15, -0.1) is 0 Å². The van der Waals surface area contributed by atoms with Crippen LogP contribution in [0.15, 0.2) is 59.5 Å². The Labute approximate surface area is 147 Å². The molecule has 2 rings (SSSR count). The fraction of sp³-hybridized carbons (Fsp3) is 0.278. The van der Waals surface area contributed by atoms with E-state index >= 15 is 0 Å². The van der Waals surface area contributed by atoms with Crippen LogP contribution in [-0.2, 0) is 14.8 Å². The van der Waals surface area contributed by atoms with Crippen LogP contribution in [0, 0.1) is 0 Å². The minimum atomic E-state index is -3.90. The van der Waals surface area contributed by atoms with Crippen molar-refractivity contribution in [1.29, 1.82) is 0 Å². The summed E-state index contributed by atoms with van der Waals surface area (Å²) in [6.45, 7) is 0.444. The van der Waals surface area contributed by atoms with Gasteiger partial charge in [0.2, 0.25) is 10.0 Å². The Balaban J connectivity index is 2.14. The van der Waals surface area contributed by atoms with Gasteiger partial charge in [0.1, 0.15) is 6.04 Å². The largest absolute Gasteiger partial charge is 0.480 e. The Morgan fingerprint density at radius 3 is 2.16 bits per heavy atom. The van der Waals surface area contributed by atoms with E-state index in [0.717, 1.165) is 11.1 Å². The molecular formula is C18H22N2O4S. The monoisotopic (exact) mass is 362 g/mol. The van der Waals surface area contributed by atoms with Gasteiger partial charge in [0.05, 0.1) is 4.90 Å². The van der Waals surface area contributed by atoms with Crippen LogP contribution in [-0.4, -0.2) is 32.1 Å². The van der Waals surface area contributed by atoms with Crippen molar-refractivity contribution in [2.75, 3.05) is 6.54 Å². The Morgan fingerprint density at radius 1 is 1.00 bits per heavy atom. The van der Waals surface area contributed by atoms with E-state index in [1.165, 1.54) is 12.1 Å². The lowest BCUT2D eigenvalue weighted by Gasteiger charge is -2.15. The highest BCUT2D eigenvalue weighted by Crippen LogP contribution is 2.21. The number of hydrogen-bond acceptors (Lipinski definition) is 4. The van der Waals surface area contributed by atoms with Crippen LogP contribution in [0.5, 0.6) is 0 Å². The maximum absolute atomic E-state index is 12.4. The number of sulfonamides is 1. The summed E-state index contributed by atoms with van der Waals surface area (Å²) < 4.78 is 27.1. The summed E-state index contributed by atoms with van der Waals surface area (Å²) in [5.74, 6) is -1.19. The zero-order chi connectivity index (χ0) is 18.3. The SMILES string of the molecule is NCCCC[C@H](NS(=O)(=O)c1ccc(-c2ccccc2)cc1)C(=O)O. The molecule has 0 unspecified atom stereocenters. The van der Waals surface area contributed by atoms with Crippen LogP contribution in [0.1, 0.15) is 19.3 Å². The van der Waals surface area contributed by atoms with E-state index in [9.17, 15) is 18.3 Å². The molecule has 4 N–H and O–H groups in total. The smallest absolute Gasteiger partial charge is 0.321 e. The van der Waals surface area contributed by atoms with E-state index in [-0.39, 0.29) is 11.3 Å². The first-order chi connectivity index (χ1) is 11.9. The van der Waals surface area contributed by atoms with Crippen molar-refractivity contribution < 1.29 is 18.3 Å².